The fourth-order valence-corrected chi connectivity index (χ4v) is 4.13. The molecule has 7 nitrogen and oxygen atoms in total. The Kier molecular flexibility index (Phi) is 4.46. The number of thiazole rings is 2. The Morgan fingerprint density at radius 1 is 1.38 bits per heavy atom. The first-order valence-corrected chi connectivity index (χ1v) is 9.00. The molecular formula is C11H11N5O2S3. The van der Waals surface area contributed by atoms with Crippen molar-refractivity contribution in [3.8, 4) is 10.0 Å². The summed E-state index contributed by atoms with van der Waals surface area (Å²) in [6.07, 6.45) is 3.00. The summed E-state index contributed by atoms with van der Waals surface area (Å²) in [6.45, 7) is 1.91. The molecule has 0 aliphatic carbocycles. The molecule has 0 aromatic carbocycles. The van der Waals surface area contributed by atoms with Gasteiger partial charge in [-0.15, -0.1) is 11.3 Å². The molecule has 3 heterocycles. The van der Waals surface area contributed by atoms with Crippen molar-refractivity contribution in [3.05, 3.63) is 27.4 Å². The van der Waals surface area contributed by atoms with Crippen LogP contribution >= 0.6 is 34.4 Å². The molecule has 1 saturated heterocycles. The summed E-state index contributed by atoms with van der Waals surface area (Å²) in [5, 5.41) is 20.3. The second kappa shape index (κ2) is 6.50. The van der Waals surface area contributed by atoms with E-state index in [0.29, 0.717) is 10.0 Å². The maximum absolute atomic E-state index is 10.7. The zero-order valence-corrected chi connectivity index (χ0v) is 13.3. The lowest BCUT2D eigenvalue weighted by Gasteiger charge is -2.22. The van der Waals surface area contributed by atoms with Gasteiger partial charge in [-0.3, -0.25) is 15.1 Å². The minimum absolute atomic E-state index is 0.0289. The number of hydrogen-bond acceptors (Lipinski definition) is 9. The minimum atomic E-state index is -0.439. The highest BCUT2D eigenvalue weighted by atomic mass is 32.2. The summed E-state index contributed by atoms with van der Waals surface area (Å²) >= 11 is 4.38. The molecule has 0 atom stereocenters. The van der Waals surface area contributed by atoms with E-state index in [9.17, 15) is 10.1 Å². The normalized spacial score (nSPS) is 15.7. The summed E-state index contributed by atoms with van der Waals surface area (Å²) in [5.41, 5.74) is 0.756. The monoisotopic (exact) mass is 341 g/mol. The van der Waals surface area contributed by atoms with Crippen LogP contribution in [0, 0.1) is 10.1 Å². The van der Waals surface area contributed by atoms with Crippen molar-refractivity contribution in [3.63, 3.8) is 0 Å². The molecule has 21 heavy (non-hydrogen) atoms. The van der Waals surface area contributed by atoms with Crippen LogP contribution in [0.25, 0.3) is 10.0 Å². The van der Waals surface area contributed by atoms with Gasteiger partial charge in [0.2, 0.25) is 0 Å². The molecule has 10 heteroatoms. The predicted molar refractivity (Wildman–Crippen MR) is 86.4 cm³/mol. The Labute approximate surface area is 132 Å². The number of rotatable bonds is 4. The van der Waals surface area contributed by atoms with Crippen LogP contribution in [0.2, 0.25) is 0 Å². The van der Waals surface area contributed by atoms with Crippen molar-refractivity contribution in [1.82, 2.24) is 15.0 Å². The van der Waals surface area contributed by atoms with E-state index in [1.807, 2.05) is 22.2 Å². The molecule has 1 fully saturated rings. The van der Waals surface area contributed by atoms with Crippen LogP contribution in [0.5, 0.6) is 0 Å². The van der Waals surface area contributed by atoms with E-state index in [2.05, 4.69) is 15.1 Å². The third kappa shape index (κ3) is 3.57. The van der Waals surface area contributed by atoms with E-state index < -0.39 is 4.92 Å². The Hall–Kier alpha value is -1.52. The maximum atomic E-state index is 10.7. The molecule has 1 aliphatic rings. The van der Waals surface area contributed by atoms with Gasteiger partial charge in [0.15, 0.2) is 10.0 Å². The highest BCUT2D eigenvalue weighted by Crippen LogP contribution is 2.31. The van der Waals surface area contributed by atoms with Crippen molar-refractivity contribution >= 4 is 45.7 Å². The van der Waals surface area contributed by atoms with Crippen LogP contribution in [0.4, 0.5) is 5.00 Å². The lowest BCUT2D eigenvalue weighted by atomic mass is 10.5. The second-order valence-corrected chi connectivity index (χ2v) is 7.24. The topological polar surface area (TPSA) is 84.5 Å². The minimum Gasteiger partial charge on any atom is -0.295 e. The molecule has 0 spiro atoms. The lowest BCUT2D eigenvalue weighted by Crippen LogP contribution is -2.27. The Bertz CT molecular complexity index is 662. The van der Waals surface area contributed by atoms with E-state index in [0.717, 1.165) is 41.6 Å². The average molecular weight is 341 g/mol. The van der Waals surface area contributed by atoms with Crippen molar-refractivity contribution in [1.29, 1.82) is 0 Å². The fourth-order valence-electron chi connectivity index (χ4n) is 1.70. The van der Waals surface area contributed by atoms with Crippen molar-refractivity contribution < 1.29 is 4.92 Å². The maximum Gasteiger partial charge on any atom is 0.344 e. The Morgan fingerprint density at radius 3 is 2.90 bits per heavy atom. The molecule has 2 aromatic heterocycles. The third-order valence-electron chi connectivity index (χ3n) is 2.72. The van der Waals surface area contributed by atoms with E-state index in [4.69, 9.17) is 0 Å². The highest BCUT2D eigenvalue weighted by Gasteiger charge is 2.15. The molecule has 0 amide bonds. The van der Waals surface area contributed by atoms with Gasteiger partial charge in [0.05, 0.1) is 16.8 Å². The molecule has 110 valence electrons. The molecule has 0 unspecified atom stereocenters. The van der Waals surface area contributed by atoms with Gasteiger partial charge >= 0.3 is 5.00 Å². The summed E-state index contributed by atoms with van der Waals surface area (Å²) in [7, 11) is 0. The predicted octanol–water partition coefficient (Wildman–Crippen LogP) is 2.56. The number of nitrogens with zero attached hydrogens (tertiary/aromatic N) is 5. The van der Waals surface area contributed by atoms with Crippen LogP contribution in [0.1, 0.15) is 5.69 Å². The van der Waals surface area contributed by atoms with E-state index in [-0.39, 0.29) is 5.00 Å². The van der Waals surface area contributed by atoms with Crippen molar-refractivity contribution in [2.75, 3.05) is 24.6 Å². The highest BCUT2D eigenvalue weighted by molar-refractivity contribution is 7.99. The molecule has 2 aromatic rings. The fraction of sp³-hybridized carbons (Fsp3) is 0.364. The molecule has 0 bridgehead atoms. The summed E-state index contributed by atoms with van der Waals surface area (Å²) in [6, 6.07) is 0. The molecule has 3 rings (SSSR count). The molecule has 0 N–H and O–H groups in total. The summed E-state index contributed by atoms with van der Waals surface area (Å²) < 4.78 is 0. The number of thioether (sulfide) groups is 1. The first kappa shape index (κ1) is 14.4. The second-order valence-electron chi connectivity index (χ2n) is 4.15. The van der Waals surface area contributed by atoms with Gasteiger partial charge in [-0.05, 0) is 11.3 Å². The first-order valence-electron chi connectivity index (χ1n) is 6.15. The van der Waals surface area contributed by atoms with Gasteiger partial charge in [0.1, 0.15) is 6.20 Å². The van der Waals surface area contributed by atoms with Gasteiger partial charge in [-0.1, -0.05) is 0 Å². The van der Waals surface area contributed by atoms with Gasteiger partial charge in [0.25, 0.3) is 0 Å². The number of hydrogen-bond donors (Lipinski definition) is 0. The lowest BCUT2D eigenvalue weighted by molar-refractivity contribution is -0.380. The van der Waals surface area contributed by atoms with Crippen LogP contribution in [0.3, 0.4) is 0 Å². The van der Waals surface area contributed by atoms with Gasteiger partial charge in [0, 0.05) is 30.0 Å². The van der Waals surface area contributed by atoms with Crippen molar-refractivity contribution in [2.24, 2.45) is 5.10 Å². The average Bonchev–Trinajstić information content (AvgIpc) is 3.15. The standard InChI is InChI=1S/C11H11N5O2S3/c17-16(18)9-6-12-10(21-9)11-14-8(7-20-11)5-13-15-1-3-19-4-2-15/h5-7H,1-4H2/b13-5+. The largest absolute Gasteiger partial charge is 0.344 e. The quantitative estimate of drug-likeness (QED) is 0.483. The third-order valence-corrected chi connectivity index (χ3v) is 5.61. The summed E-state index contributed by atoms with van der Waals surface area (Å²) in [4.78, 5) is 18.7. The molecule has 1 aliphatic heterocycles. The van der Waals surface area contributed by atoms with Gasteiger partial charge < -0.3 is 0 Å². The molecular weight excluding hydrogens is 330 g/mol. The van der Waals surface area contributed by atoms with E-state index in [1.165, 1.54) is 17.5 Å². The smallest absolute Gasteiger partial charge is 0.295 e. The number of aromatic nitrogens is 2. The van der Waals surface area contributed by atoms with Crippen LogP contribution in [-0.4, -0.2) is 50.7 Å². The number of hydrazone groups is 1. The van der Waals surface area contributed by atoms with Crippen molar-refractivity contribution in [2.45, 2.75) is 0 Å². The van der Waals surface area contributed by atoms with Gasteiger partial charge in [-0.25, -0.2) is 9.97 Å². The Morgan fingerprint density at radius 2 is 2.19 bits per heavy atom. The molecule has 0 saturated carbocycles. The number of nitro groups is 1. The van der Waals surface area contributed by atoms with Crippen LogP contribution < -0.4 is 0 Å². The zero-order valence-electron chi connectivity index (χ0n) is 10.8. The SMILES string of the molecule is O=[N+]([O-])c1cnc(-c2nc(/C=N/N3CCSCC3)cs2)s1. The zero-order chi connectivity index (χ0) is 14.7. The van der Waals surface area contributed by atoms with E-state index in [1.54, 1.807) is 6.21 Å². The van der Waals surface area contributed by atoms with Gasteiger partial charge in [-0.2, -0.15) is 16.9 Å². The summed E-state index contributed by atoms with van der Waals surface area (Å²) in [5.74, 6) is 2.20. The van der Waals surface area contributed by atoms with Crippen LogP contribution in [-0.2, 0) is 0 Å². The van der Waals surface area contributed by atoms with E-state index >= 15 is 0 Å². The Balaban J connectivity index is 1.70. The van der Waals surface area contributed by atoms with Crippen LogP contribution in [0.15, 0.2) is 16.7 Å². The first-order chi connectivity index (χ1) is 10.2. The molecule has 0 radical (unpaired) electrons.